The number of hydrogen-bond donors (Lipinski definition) is 1. The van der Waals surface area contributed by atoms with Crippen molar-refractivity contribution in [1.29, 1.82) is 0 Å². The number of aryl methyl sites for hydroxylation is 1. The molecule has 11 heteroatoms. The van der Waals surface area contributed by atoms with E-state index in [0.29, 0.717) is 17.5 Å². The number of alkyl halides is 6. The Kier molecular flexibility index (Phi) is 6.21. The molecular weight excluding hydrogens is 414 g/mol. The first kappa shape index (κ1) is 22.3. The third-order valence-corrected chi connectivity index (χ3v) is 5.32. The van der Waals surface area contributed by atoms with E-state index in [9.17, 15) is 31.1 Å². The van der Waals surface area contributed by atoms with Crippen LogP contribution in [0.2, 0.25) is 0 Å². The predicted octanol–water partition coefficient (Wildman–Crippen LogP) is 4.40. The summed E-state index contributed by atoms with van der Waals surface area (Å²) in [4.78, 5) is 13.3. The summed E-state index contributed by atoms with van der Waals surface area (Å²) >= 11 is 0. The maximum Gasteiger partial charge on any atom is 0.433 e. The molecule has 5 nitrogen and oxygen atoms in total. The molecule has 30 heavy (non-hydrogen) atoms. The van der Waals surface area contributed by atoms with Gasteiger partial charge in [-0.2, -0.15) is 31.4 Å². The highest BCUT2D eigenvalue weighted by Crippen LogP contribution is 2.43. The van der Waals surface area contributed by atoms with Crippen molar-refractivity contribution in [3.63, 3.8) is 0 Å². The van der Waals surface area contributed by atoms with E-state index in [1.165, 1.54) is 0 Å². The van der Waals surface area contributed by atoms with Crippen LogP contribution in [0.5, 0.6) is 0 Å². The van der Waals surface area contributed by atoms with Gasteiger partial charge >= 0.3 is 12.4 Å². The van der Waals surface area contributed by atoms with Crippen LogP contribution in [0.25, 0.3) is 11.3 Å². The van der Waals surface area contributed by atoms with Gasteiger partial charge in [-0.25, -0.2) is 0 Å². The molecule has 0 spiro atoms. The third-order valence-electron chi connectivity index (χ3n) is 5.32. The summed E-state index contributed by atoms with van der Waals surface area (Å²) in [5.41, 5.74) is 1.10. The van der Waals surface area contributed by atoms with Gasteiger partial charge in [0.15, 0.2) is 0 Å². The number of hydrogen-bond acceptors (Lipinski definition) is 4. The van der Waals surface area contributed by atoms with E-state index in [0.717, 1.165) is 30.9 Å². The minimum Gasteiger partial charge on any atom is -0.312 e. The maximum absolute atomic E-state index is 12.7. The van der Waals surface area contributed by atoms with Gasteiger partial charge in [0, 0.05) is 24.2 Å². The number of nitrogens with one attached hydrogen (secondary N) is 1. The lowest BCUT2D eigenvalue weighted by Crippen LogP contribution is -2.36. The Bertz CT molecular complexity index is 886. The molecule has 2 aromatic heterocycles. The number of pyridine rings is 1. The second kappa shape index (κ2) is 8.37. The number of rotatable bonds is 3. The van der Waals surface area contributed by atoms with E-state index in [2.05, 4.69) is 15.4 Å². The van der Waals surface area contributed by atoms with E-state index >= 15 is 0 Å². The first-order valence-corrected chi connectivity index (χ1v) is 9.33. The Morgan fingerprint density at radius 2 is 1.87 bits per heavy atom. The molecule has 2 aromatic rings. The van der Waals surface area contributed by atoms with Crippen molar-refractivity contribution in [3.05, 3.63) is 35.8 Å². The Balaban J connectivity index is 0.000000216. The molecule has 0 aromatic carbocycles. The van der Waals surface area contributed by atoms with Crippen molar-refractivity contribution in [2.24, 2.45) is 11.8 Å². The van der Waals surface area contributed by atoms with Crippen LogP contribution in [0.1, 0.15) is 36.7 Å². The monoisotopic (exact) mass is 434 g/mol. The molecule has 1 saturated carbocycles. The second-order valence-corrected chi connectivity index (χ2v) is 7.34. The second-order valence-electron chi connectivity index (χ2n) is 7.34. The third kappa shape index (κ3) is 4.82. The highest BCUT2D eigenvalue weighted by Gasteiger charge is 2.47. The molecule has 1 atom stereocenters. The lowest BCUT2D eigenvalue weighted by Gasteiger charge is -2.32. The number of aldehydes is 1. The van der Waals surface area contributed by atoms with Gasteiger partial charge in [-0.3, -0.25) is 9.67 Å². The van der Waals surface area contributed by atoms with Crippen LogP contribution < -0.4 is 5.32 Å². The molecule has 1 aliphatic carbocycles. The predicted molar refractivity (Wildman–Crippen MR) is 95.2 cm³/mol. The first-order valence-electron chi connectivity index (χ1n) is 9.33. The van der Waals surface area contributed by atoms with Crippen LogP contribution in [0.4, 0.5) is 26.3 Å². The van der Waals surface area contributed by atoms with Crippen molar-refractivity contribution >= 4 is 6.29 Å². The van der Waals surface area contributed by atoms with Gasteiger partial charge in [-0.1, -0.05) is 0 Å². The van der Waals surface area contributed by atoms with Crippen molar-refractivity contribution in [3.8, 4) is 11.3 Å². The molecule has 1 unspecified atom stereocenters. The number of fused-ring (bicyclic) bond motifs is 1. The van der Waals surface area contributed by atoms with Crippen LogP contribution in [-0.4, -0.2) is 34.3 Å². The topological polar surface area (TPSA) is 59.8 Å². The Hall–Kier alpha value is -2.43. The molecule has 0 radical (unpaired) electrons. The minimum atomic E-state index is -4.44. The number of aromatic nitrogens is 3. The summed E-state index contributed by atoms with van der Waals surface area (Å²) in [5, 5.41) is 7.53. The van der Waals surface area contributed by atoms with Crippen LogP contribution in [0, 0.1) is 11.8 Å². The fraction of sp³-hybridized carbons (Fsp3) is 0.526. The molecule has 1 fully saturated rings. The molecule has 4 rings (SSSR count). The summed E-state index contributed by atoms with van der Waals surface area (Å²) in [6.45, 7) is 0.776. The van der Waals surface area contributed by atoms with Gasteiger partial charge in [-0.05, 0) is 44.5 Å². The van der Waals surface area contributed by atoms with E-state index in [1.54, 1.807) is 6.07 Å². The first-order chi connectivity index (χ1) is 14.0. The van der Waals surface area contributed by atoms with E-state index in [-0.39, 0.29) is 24.8 Å². The Morgan fingerprint density at radius 1 is 1.17 bits per heavy atom. The molecule has 3 heterocycles. The summed E-state index contributed by atoms with van der Waals surface area (Å²) in [5.74, 6) is -1.56. The van der Waals surface area contributed by atoms with Crippen molar-refractivity contribution in [2.75, 3.05) is 7.05 Å². The molecule has 0 amide bonds. The van der Waals surface area contributed by atoms with Crippen LogP contribution in [-0.2, 0) is 17.5 Å². The Morgan fingerprint density at radius 3 is 2.43 bits per heavy atom. The zero-order valence-corrected chi connectivity index (χ0v) is 16.0. The van der Waals surface area contributed by atoms with Gasteiger partial charge < -0.3 is 10.1 Å². The van der Waals surface area contributed by atoms with Crippen LogP contribution in [0.3, 0.4) is 0 Å². The summed E-state index contributed by atoms with van der Waals surface area (Å²) in [6, 6.07) is 4.62. The van der Waals surface area contributed by atoms with Gasteiger partial charge in [-0.15, -0.1) is 0 Å². The van der Waals surface area contributed by atoms with Gasteiger partial charge in [0.25, 0.3) is 0 Å². The number of carbonyl (C=O) groups excluding carboxylic acids is 1. The Labute approximate surface area is 168 Å². The van der Waals surface area contributed by atoms with Gasteiger partial charge in [0.1, 0.15) is 12.0 Å². The molecule has 0 saturated heterocycles. The quantitative estimate of drug-likeness (QED) is 0.575. The van der Waals surface area contributed by atoms with Crippen molar-refractivity contribution in [1.82, 2.24) is 20.1 Å². The highest BCUT2D eigenvalue weighted by atomic mass is 19.4. The van der Waals surface area contributed by atoms with E-state index in [1.807, 2.05) is 17.8 Å². The van der Waals surface area contributed by atoms with Gasteiger partial charge in [0.05, 0.1) is 23.3 Å². The lowest BCUT2D eigenvalue weighted by molar-refractivity contribution is -0.202. The molecule has 1 N–H and O–H groups in total. The fourth-order valence-electron chi connectivity index (χ4n) is 3.51. The molecular formula is C19H20F6N4O. The standard InChI is InChI=1S/C13H13F3N4.C6H7F3O/c1-17-9-3-5-20-11(9)7-10(19-20)8-2-4-18-12(6-8)13(14,15)16;7-6(8,9)5-1-4(2-5)3-10/h2,4,6-7,9,17H,3,5H2,1H3;3-5H,1-2H2. The average molecular weight is 434 g/mol. The SMILES string of the molecule is CNC1CCn2nc(-c3ccnc(C(F)(F)F)c3)cc21.O=CC1CC(C(F)(F)F)C1. The summed E-state index contributed by atoms with van der Waals surface area (Å²) in [6.07, 6.45) is -5.82. The van der Waals surface area contributed by atoms with E-state index in [4.69, 9.17) is 0 Å². The van der Waals surface area contributed by atoms with Crippen LogP contribution in [0.15, 0.2) is 24.4 Å². The fourth-order valence-corrected chi connectivity index (χ4v) is 3.51. The van der Waals surface area contributed by atoms with Gasteiger partial charge in [0.2, 0.25) is 0 Å². The zero-order valence-electron chi connectivity index (χ0n) is 16.0. The number of halogens is 6. The normalized spacial score (nSPS) is 23.2. The zero-order chi connectivity index (χ0) is 22.1. The maximum atomic E-state index is 12.7. The number of carbonyl (C=O) groups is 1. The van der Waals surface area contributed by atoms with E-state index < -0.39 is 24.0 Å². The lowest BCUT2D eigenvalue weighted by atomic mass is 9.75. The highest BCUT2D eigenvalue weighted by molar-refractivity contribution is 5.60. The molecule has 1 aliphatic heterocycles. The van der Waals surface area contributed by atoms with Crippen LogP contribution >= 0.6 is 0 Å². The average Bonchev–Trinajstić information content (AvgIpc) is 3.20. The minimum absolute atomic E-state index is 0.00694. The molecule has 164 valence electrons. The van der Waals surface area contributed by atoms with Crippen molar-refractivity contribution < 1.29 is 31.1 Å². The largest absolute Gasteiger partial charge is 0.433 e. The smallest absolute Gasteiger partial charge is 0.312 e. The number of nitrogens with zero attached hydrogens (tertiary/aromatic N) is 3. The summed E-state index contributed by atoms with van der Waals surface area (Å²) < 4.78 is 74.9. The molecule has 0 bridgehead atoms. The summed E-state index contributed by atoms with van der Waals surface area (Å²) in [7, 11) is 1.86. The molecule has 2 aliphatic rings. The van der Waals surface area contributed by atoms with Crippen molar-refractivity contribution in [2.45, 2.75) is 44.2 Å².